The van der Waals surface area contributed by atoms with Gasteiger partial charge in [0.05, 0.1) is 0 Å². The molecule has 2 rings (SSSR count). The highest BCUT2D eigenvalue weighted by Crippen LogP contribution is 2.27. The molecule has 2 heterocycles. The van der Waals surface area contributed by atoms with Crippen LogP contribution in [0.2, 0.25) is 0 Å². The normalized spacial score (nSPS) is 19.2. The third kappa shape index (κ3) is 3.40. The van der Waals surface area contributed by atoms with Crippen LogP contribution in [0.25, 0.3) is 0 Å². The lowest BCUT2D eigenvalue weighted by Gasteiger charge is -2.26. The molecule has 0 saturated carbocycles. The van der Waals surface area contributed by atoms with Gasteiger partial charge in [-0.3, -0.25) is 0 Å². The van der Waals surface area contributed by atoms with Crippen molar-refractivity contribution in [2.45, 2.75) is 25.8 Å². The monoisotopic (exact) mass is 255 g/mol. The van der Waals surface area contributed by atoms with E-state index in [1.807, 2.05) is 13.1 Å². The minimum atomic E-state index is 0.0812. The molecule has 1 saturated heterocycles. The van der Waals surface area contributed by atoms with Crippen LogP contribution >= 0.6 is 11.3 Å². The highest BCUT2D eigenvalue weighted by molar-refractivity contribution is 7.15. The summed E-state index contributed by atoms with van der Waals surface area (Å²) in [6.07, 6.45) is 4.22. The third-order valence-corrected chi connectivity index (χ3v) is 4.47. The lowest BCUT2D eigenvalue weighted by Crippen LogP contribution is -2.29. The van der Waals surface area contributed by atoms with Crippen molar-refractivity contribution >= 4 is 16.5 Å². The lowest BCUT2D eigenvalue weighted by molar-refractivity contribution is 0.0685. The fourth-order valence-corrected chi connectivity index (χ4v) is 2.90. The van der Waals surface area contributed by atoms with Crippen LogP contribution in [0.5, 0.6) is 0 Å². The van der Waals surface area contributed by atoms with Gasteiger partial charge in [-0.1, -0.05) is 0 Å². The lowest BCUT2D eigenvalue weighted by atomic mass is 10.0. The topological polar surface area (TPSA) is 51.4 Å². The highest BCUT2D eigenvalue weighted by atomic mass is 32.1. The maximum Gasteiger partial charge on any atom is 0.185 e. The van der Waals surface area contributed by atoms with E-state index in [1.165, 1.54) is 0 Å². The molecule has 96 valence electrons. The highest BCUT2D eigenvalue weighted by Gasteiger charge is 2.17. The third-order valence-electron chi connectivity index (χ3n) is 3.16. The molecule has 17 heavy (non-hydrogen) atoms. The Morgan fingerprint density at radius 2 is 2.29 bits per heavy atom. The summed E-state index contributed by atoms with van der Waals surface area (Å²) in [5.41, 5.74) is 5.85. The number of ether oxygens (including phenoxy) is 1. The van der Waals surface area contributed by atoms with Crippen molar-refractivity contribution in [1.82, 2.24) is 4.98 Å². The molecular weight excluding hydrogens is 234 g/mol. The van der Waals surface area contributed by atoms with E-state index in [0.29, 0.717) is 0 Å². The molecule has 1 aromatic rings. The van der Waals surface area contributed by atoms with Crippen LogP contribution in [0.1, 0.15) is 30.7 Å². The molecule has 0 aromatic carbocycles. The van der Waals surface area contributed by atoms with Crippen molar-refractivity contribution in [3.8, 4) is 0 Å². The van der Waals surface area contributed by atoms with Gasteiger partial charge >= 0.3 is 0 Å². The van der Waals surface area contributed by atoms with Crippen molar-refractivity contribution in [2.24, 2.45) is 11.7 Å². The van der Waals surface area contributed by atoms with E-state index < -0.39 is 0 Å². The fraction of sp³-hybridized carbons (Fsp3) is 0.750. The Morgan fingerprint density at radius 3 is 2.88 bits per heavy atom. The molecule has 1 aliphatic heterocycles. The van der Waals surface area contributed by atoms with E-state index in [-0.39, 0.29) is 6.04 Å². The van der Waals surface area contributed by atoms with Gasteiger partial charge < -0.3 is 15.4 Å². The van der Waals surface area contributed by atoms with E-state index in [9.17, 15) is 0 Å². The van der Waals surface area contributed by atoms with Crippen LogP contribution in [-0.4, -0.2) is 31.8 Å². The van der Waals surface area contributed by atoms with Gasteiger partial charge in [0.15, 0.2) is 5.13 Å². The van der Waals surface area contributed by atoms with Gasteiger partial charge in [-0.05, 0) is 25.7 Å². The van der Waals surface area contributed by atoms with Crippen molar-refractivity contribution in [3.63, 3.8) is 0 Å². The molecule has 1 fully saturated rings. The van der Waals surface area contributed by atoms with Gasteiger partial charge in [-0.15, -0.1) is 11.3 Å². The number of thiazole rings is 1. The second-order valence-electron chi connectivity index (χ2n) is 4.77. The molecule has 0 amide bonds. The van der Waals surface area contributed by atoms with E-state index in [1.54, 1.807) is 11.3 Å². The summed E-state index contributed by atoms with van der Waals surface area (Å²) in [6.45, 7) is 4.87. The first-order valence-corrected chi connectivity index (χ1v) is 6.98. The van der Waals surface area contributed by atoms with Gasteiger partial charge in [0.1, 0.15) is 0 Å². The molecule has 0 spiro atoms. The first kappa shape index (κ1) is 12.8. The zero-order chi connectivity index (χ0) is 12.3. The average Bonchev–Trinajstić information content (AvgIpc) is 2.79. The Bertz CT molecular complexity index is 347. The van der Waals surface area contributed by atoms with Crippen LogP contribution in [0.15, 0.2) is 6.20 Å². The fourth-order valence-electron chi connectivity index (χ4n) is 2.06. The first-order chi connectivity index (χ1) is 8.16. The Kier molecular flexibility index (Phi) is 4.36. The summed E-state index contributed by atoms with van der Waals surface area (Å²) < 4.78 is 5.37. The summed E-state index contributed by atoms with van der Waals surface area (Å²) in [4.78, 5) is 7.83. The number of nitrogens with zero attached hydrogens (tertiary/aromatic N) is 2. The molecule has 4 nitrogen and oxygen atoms in total. The first-order valence-electron chi connectivity index (χ1n) is 6.17. The summed E-state index contributed by atoms with van der Waals surface area (Å²) in [5, 5.41) is 1.07. The second-order valence-corrected chi connectivity index (χ2v) is 5.81. The SMILES string of the molecule is CC(N)c1cnc(N(C)CC2CCOCC2)s1. The Morgan fingerprint density at radius 1 is 1.59 bits per heavy atom. The van der Waals surface area contributed by atoms with Crippen LogP contribution in [0.4, 0.5) is 5.13 Å². The smallest absolute Gasteiger partial charge is 0.185 e. The van der Waals surface area contributed by atoms with E-state index in [4.69, 9.17) is 10.5 Å². The van der Waals surface area contributed by atoms with Crippen molar-refractivity contribution in [2.75, 3.05) is 31.7 Å². The summed E-state index contributed by atoms with van der Waals surface area (Å²) in [7, 11) is 2.11. The van der Waals surface area contributed by atoms with Crippen LogP contribution in [0, 0.1) is 5.92 Å². The van der Waals surface area contributed by atoms with Gasteiger partial charge in [0.2, 0.25) is 0 Å². The van der Waals surface area contributed by atoms with Crippen molar-refractivity contribution in [1.29, 1.82) is 0 Å². The van der Waals surface area contributed by atoms with E-state index in [0.717, 1.165) is 48.5 Å². The van der Waals surface area contributed by atoms with Gasteiger partial charge in [-0.2, -0.15) is 0 Å². The number of nitrogens with two attached hydrogens (primary N) is 1. The minimum absolute atomic E-state index is 0.0812. The molecule has 2 N–H and O–H groups in total. The van der Waals surface area contributed by atoms with Gasteiger partial charge in [-0.25, -0.2) is 4.98 Å². The predicted molar refractivity (Wildman–Crippen MR) is 71.5 cm³/mol. The summed E-state index contributed by atoms with van der Waals surface area (Å²) >= 11 is 1.70. The molecule has 5 heteroatoms. The van der Waals surface area contributed by atoms with E-state index in [2.05, 4.69) is 16.9 Å². The zero-order valence-electron chi connectivity index (χ0n) is 10.6. The molecule has 1 atom stereocenters. The minimum Gasteiger partial charge on any atom is -0.381 e. The largest absolute Gasteiger partial charge is 0.381 e. The van der Waals surface area contributed by atoms with Gasteiger partial charge in [0, 0.05) is 43.9 Å². The molecule has 0 radical (unpaired) electrons. The van der Waals surface area contributed by atoms with Crippen LogP contribution in [0.3, 0.4) is 0 Å². The summed E-state index contributed by atoms with van der Waals surface area (Å²) in [6, 6.07) is 0.0812. The van der Waals surface area contributed by atoms with Crippen LogP contribution < -0.4 is 10.6 Å². The summed E-state index contributed by atoms with van der Waals surface area (Å²) in [5.74, 6) is 0.733. The van der Waals surface area contributed by atoms with Crippen molar-refractivity contribution < 1.29 is 4.74 Å². The number of rotatable bonds is 4. The average molecular weight is 255 g/mol. The second kappa shape index (κ2) is 5.80. The molecule has 1 unspecified atom stereocenters. The number of anilines is 1. The van der Waals surface area contributed by atoms with E-state index >= 15 is 0 Å². The number of hydrogen-bond acceptors (Lipinski definition) is 5. The van der Waals surface area contributed by atoms with Gasteiger partial charge in [0.25, 0.3) is 0 Å². The Hall–Kier alpha value is -0.650. The maximum absolute atomic E-state index is 5.85. The van der Waals surface area contributed by atoms with Crippen LogP contribution in [-0.2, 0) is 4.74 Å². The Balaban J connectivity index is 1.91. The molecule has 0 aliphatic carbocycles. The molecule has 1 aromatic heterocycles. The quantitative estimate of drug-likeness (QED) is 0.894. The van der Waals surface area contributed by atoms with Crippen molar-refractivity contribution in [3.05, 3.63) is 11.1 Å². The molecule has 0 bridgehead atoms. The molecular formula is C12H21N3OS. The molecule has 1 aliphatic rings. The Labute approximate surface area is 107 Å². The number of hydrogen-bond donors (Lipinski definition) is 1. The number of aromatic nitrogens is 1. The maximum atomic E-state index is 5.85. The zero-order valence-corrected chi connectivity index (χ0v) is 11.4. The predicted octanol–water partition coefficient (Wildman–Crippen LogP) is 2.03. The standard InChI is InChI=1S/C12H21N3OS/c1-9(13)11-7-14-12(17-11)15(2)8-10-3-5-16-6-4-10/h7,9-10H,3-6,8,13H2,1-2H3.